The maximum atomic E-state index is 5.61. The second-order valence-electron chi connectivity index (χ2n) is 4.65. The minimum atomic E-state index is 0.115. The third-order valence-electron chi connectivity index (χ3n) is 3.87. The van der Waals surface area contributed by atoms with Crippen LogP contribution in [0.25, 0.3) is 0 Å². The summed E-state index contributed by atoms with van der Waals surface area (Å²) in [7, 11) is 1.96. The molecule has 1 N–H and O–H groups in total. The van der Waals surface area contributed by atoms with Crippen molar-refractivity contribution >= 4 is 0 Å². The highest BCUT2D eigenvalue weighted by atomic mass is 15.2. The minimum absolute atomic E-state index is 0.115. The third kappa shape index (κ3) is 2.53. The fraction of sp³-hybridized carbons (Fsp3) is 0.846. The van der Waals surface area contributed by atoms with Gasteiger partial charge in [-0.1, -0.05) is 19.3 Å². The molecule has 1 saturated heterocycles. The van der Waals surface area contributed by atoms with Gasteiger partial charge in [0.1, 0.15) is 0 Å². The SMILES string of the molecule is C#CC(NC)C(C)(CC)N1CCCCC1. The highest BCUT2D eigenvalue weighted by Crippen LogP contribution is 2.27. The molecule has 2 atom stereocenters. The van der Waals surface area contributed by atoms with Crippen LogP contribution in [0.5, 0.6) is 0 Å². The van der Waals surface area contributed by atoms with Crippen molar-refractivity contribution in [2.75, 3.05) is 20.1 Å². The minimum Gasteiger partial charge on any atom is -0.305 e. The van der Waals surface area contributed by atoms with E-state index in [9.17, 15) is 0 Å². The van der Waals surface area contributed by atoms with Gasteiger partial charge in [-0.3, -0.25) is 4.90 Å². The van der Waals surface area contributed by atoms with Crippen molar-refractivity contribution in [3.63, 3.8) is 0 Å². The summed E-state index contributed by atoms with van der Waals surface area (Å²) in [5, 5.41) is 3.26. The van der Waals surface area contributed by atoms with Gasteiger partial charge in [-0.25, -0.2) is 0 Å². The molecule has 1 aliphatic heterocycles. The number of nitrogens with zero attached hydrogens (tertiary/aromatic N) is 1. The Balaban J connectivity index is 2.77. The Labute approximate surface area is 94.4 Å². The zero-order valence-corrected chi connectivity index (χ0v) is 10.3. The molecular formula is C13H24N2. The van der Waals surface area contributed by atoms with Gasteiger partial charge in [0.15, 0.2) is 0 Å². The molecule has 2 heteroatoms. The molecule has 1 heterocycles. The summed E-state index contributed by atoms with van der Waals surface area (Å²) in [6.45, 7) is 6.92. The van der Waals surface area contributed by atoms with E-state index in [2.05, 4.69) is 30.0 Å². The molecule has 0 aromatic heterocycles. The Bertz CT molecular complexity index is 225. The maximum Gasteiger partial charge on any atom is 0.0868 e. The maximum absolute atomic E-state index is 5.61. The van der Waals surface area contributed by atoms with E-state index in [1.54, 1.807) is 0 Å². The number of terminal acetylenes is 1. The average Bonchev–Trinajstić information content (AvgIpc) is 2.31. The molecule has 15 heavy (non-hydrogen) atoms. The molecule has 86 valence electrons. The predicted octanol–water partition coefficient (Wildman–Crippen LogP) is 1.86. The number of likely N-dealkylation sites (tertiary alicyclic amines) is 1. The summed E-state index contributed by atoms with van der Waals surface area (Å²) in [5.41, 5.74) is 0.115. The van der Waals surface area contributed by atoms with Gasteiger partial charge in [0.25, 0.3) is 0 Å². The Morgan fingerprint density at radius 3 is 2.40 bits per heavy atom. The molecule has 1 rings (SSSR count). The average molecular weight is 208 g/mol. The van der Waals surface area contributed by atoms with Crippen LogP contribution in [0.15, 0.2) is 0 Å². The first-order valence-electron chi connectivity index (χ1n) is 6.07. The van der Waals surface area contributed by atoms with E-state index in [1.807, 2.05) is 7.05 Å². The zero-order chi connectivity index (χ0) is 11.3. The summed E-state index contributed by atoms with van der Waals surface area (Å²) >= 11 is 0. The van der Waals surface area contributed by atoms with E-state index in [0.29, 0.717) is 0 Å². The van der Waals surface area contributed by atoms with Gasteiger partial charge in [-0.05, 0) is 46.3 Å². The fourth-order valence-electron chi connectivity index (χ4n) is 2.59. The lowest BCUT2D eigenvalue weighted by Crippen LogP contribution is -2.59. The van der Waals surface area contributed by atoms with Gasteiger partial charge < -0.3 is 5.32 Å². The van der Waals surface area contributed by atoms with Crippen LogP contribution in [0.1, 0.15) is 39.5 Å². The van der Waals surface area contributed by atoms with E-state index in [1.165, 1.54) is 32.4 Å². The van der Waals surface area contributed by atoms with Gasteiger partial charge in [0.2, 0.25) is 0 Å². The van der Waals surface area contributed by atoms with E-state index in [0.717, 1.165) is 6.42 Å². The largest absolute Gasteiger partial charge is 0.305 e. The lowest BCUT2D eigenvalue weighted by atomic mass is 9.86. The van der Waals surface area contributed by atoms with Crippen LogP contribution in [-0.4, -0.2) is 36.6 Å². The van der Waals surface area contributed by atoms with Gasteiger partial charge in [0.05, 0.1) is 6.04 Å². The lowest BCUT2D eigenvalue weighted by Gasteiger charge is -2.46. The number of rotatable bonds is 4. The van der Waals surface area contributed by atoms with Crippen LogP contribution >= 0.6 is 0 Å². The van der Waals surface area contributed by atoms with Crippen molar-refractivity contribution in [1.29, 1.82) is 0 Å². The van der Waals surface area contributed by atoms with Crippen LogP contribution in [-0.2, 0) is 0 Å². The molecule has 0 saturated carbocycles. The number of piperidine rings is 1. The van der Waals surface area contributed by atoms with Crippen LogP contribution in [0.4, 0.5) is 0 Å². The monoisotopic (exact) mass is 208 g/mol. The molecule has 0 spiro atoms. The quantitative estimate of drug-likeness (QED) is 0.710. The Hall–Kier alpha value is -0.520. The summed E-state index contributed by atoms with van der Waals surface area (Å²) in [6, 6.07) is 0.153. The van der Waals surface area contributed by atoms with Crippen LogP contribution < -0.4 is 5.32 Å². The highest BCUT2D eigenvalue weighted by molar-refractivity contribution is 5.12. The molecule has 0 bridgehead atoms. The van der Waals surface area contributed by atoms with Gasteiger partial charge in [-0.2, -0.15) is 0 Å². The van der Waals surface area contributed by atoms with Crippen LogP contribution in [0, 0.1) is 12.3 Å². The van der Waals surface area contributed by atoms with Crippen molar-refractivity contribution in [3.05, 3.63) is 0 Å². The first kappa shape index (κ1) is 12.5. The van der Waals surface area contributed by atoms with E-state index in [4.69, 9.17) is 6.42 Å². The Morgan fingerprint density at radius 1 is 1.40 bits per heavy atom. The zero-order valence-electron chi connectivity index (χ0n) is 10.3. The van der Waals surface area contributed by atoms with Crippen molar-refractivity contribution in [1.82, 2.24) is 10.2 Å². The predicted molar refractivity (Wildman–Crippen MR) is 65.8 cm³/mol. The van der Waals surface area contributed by atoms with Gasteiger partial charge >= 0.3 is 0 Å². The summed E-state index contributed by atoms with van der Waals surface area (Å²) in [5.74, 6) is 2.89. The molecule has 0 aliphatic carbocycles. The topological polar surface area (TPSA) is 15.3 Å². The van der Waals surface area contributed by atoms with Gasteiger partial charge in [-0.15, -0.1) is 6.42 Å². The van der Waals surface area contributed by atoms with Crippen molar-refractivity contribution in [2.24, 2.45) is 0 Å². The Morgan fingerprint density at radius 2 is 2.00 bits per heavy atom. The number of hydrogen-bond donors (Lipinski definition) is 1. The second-order valence-corrected chi connectivity index (χ2v) is 4.65. The molecule has 0 amide bonds. The van der Waals surface area contributed by atoms with Crippen molar-refractivity contribution < 1.29 is 0 Å². The number of likely N-dealkylation sites (N-methyl/N-ethyl adjacent to an activating group) is 1. The molecule has 2 unspecified atom stereocenters. The third-order valence-corrected chi connectivity index (χ3v) is 3.87. The van der Waals surface area contributed by atoms with E-state index in [-0.39, 0.29) is 11.6 Å². The second kappa shape index (κ2) is 5.53. The highest BCUT2D eigenvalue weighted by Gasteiger charge is 2.36. The van der Waals surface area contributed by atoms with Crippen LogP contribution in [0.3, 0.4) is 0 Å². The summed E-state index contributed by atoms with van der Waals surface area (Å²) in [4.78, 5) is 2.57. The van der Waals surface area contributed by atoms with E-state index < -0.39 is 0 Å². The van der Waals surface area contributed by atoms with Gasteiger partial charge in [0, 0.05) is 5.54 Å². The summed E-state index contributed by atoms with van der Waals surface area (Å²) < 4.78 is 0. The Kier molecular flexibility index (Phi) is 4.63. The normalized spacial score (nSPS) is 24.1. The summed E-state index contributed by atoms with van der Waals surface area (Å²) in [6.07, 6.45) is 10.7. The number of hydrogen-bond acceptors (Lipinski definition) is 2. The first-order valence-corrected chi connectivity index (χ1v) is 6.07. The molecule has 2 nitrogen and oxygen atoms in total. The van der Waals surface area contributed by atoms with Crippen molar-refractivity contribution in [3.8, 4) is 12.3 Å². The number of nitrogens with one attached hydrogen (secondary N) is 1. The molecule has 0 radical (unpaired) electrons. The first-order chi connectivity index (χ1) is 7.19. The smallest absolute Gasteiger partial charge is 0.0868 e. The lowest BCUT2D eigenvalue weighted by molar-refractivity contribution is 0.0610. The molecule has 0 aromatic rings. The molecule has 1 aliphatic rings. The van der Waals surface area contributed by atoms with E-state index >= 15 is 0 Å². The molecule has 0 aromatic carbocycles. The standard InChI is InChI=1S/C13H24N2/c1-5-12(14-4)13(3,6-2)15-10-8-7-9-11-15/h1,12,14H,6-11H2,2-4H3. The molecule has 1 fully saturated rings. The fourth-order valence-corrected chi connectivity index (χ4v) is 2.59. The van der Waals surface area contributed by atoms with Crippen molar-refractivity contribution in [2.45, 2.75) is 51.1 Å². The molecular weight excluding hydrogens is 184 g/mol. The van der Waals surface area contributed by atoms with Crippen LogP contribution in [0.2, 0.25) is 0 Å².